The maximum atomic E-state index is 12.7. The quantitative estimate of drug-likeness (QED) is 0.590. The number of hydrogen-bond donors (Lipinski definition) is 1. The van der Waals surface area contributed by atoms with E-state index in [0.29, 0.717) is 5.56 Å². The number of benzene rings is 2. The number of rotatable bonds is 7. The molecule has 0 aliphatic heterocycles. The Morgan fingerprint density at radius 2 is 1.61 bits per heavy atom. The molecule has 0 aliphatic rings. The average Bonchev–Trinajstić information content (AvgIpc) is 2.71. The van der Waals surface area contributed by atoms with E-state index in [2.05, 4.69) is 11.4 Å². The summed E-state index contributed by atoms with van der Waals surface area (Å²) in [5, 5.41) is 11.8. The molecule has 1 amide bonds. The van der Waals surface area contributed by atoms with Crippen molar-refractivity contribution in [1.29, 1.82) is 5.26 Å². The molecule has 0 aromatic heterocycles. The Morgan fingerprint density at radius 3 is 2.18 bits per heavy atom. The average molecular weight is 378 g/mol. The van der Waals surface area contributed by atoms with Gasteiger partial charge in [0.15, 0.2) is 12.4 Å². The van der Waals surface area contributed by atoms with Gasteiger partial charge in [0.25, 0.3) is 5.91 Å². The molecule has 0 fully saturated rings. The summed E-state index contributed by atoms with van der Waals surface area (Å²) in [6, 6.07) is 16.9. The molecule has 0 bridgehead atoms. The third-order valence-corrected chi connectivity index (χ3v) is 4.55. The van der Waals surface area contributed by atoms with Crippen LogP contribution in [0.3, 0.4) is 0 Å². The number of amides is 1. The Kier molecular flexibility index (Phi) is 6.67. The molecule has 2 rings (SSSR count). The zero-order valence-electron chi connectivity index (χ0n) is 16.1. The number of nitrogens with zero attached hydrogens (tertiary/aromatic N) is 1. The molecule has 1 atom stereocenters. The second kappa shape index (κ2) is 8.96. The molecule has 0 spiro atoms. The lowest BCUT2D eigenvalue weighted by molar-refractivity contribution is -0.125. The molecular weight excluding hydrogens is 356 g/mol. The summed E-state index contributed by atoms with van der Waals surface area (Å²) in [5.74, 6) is -1.80. The number of carbonyl (C=O) groups excluding carboxylic acids is 3. The summed E-state index contributed by atoms with van der Waals surface area (Å²) < 4.78 is 5.07. The highest BCUT2D eigenvalue weighted by Gasteiger charge is 2.30. The van der Waals surface area contributed by atoms with Gasteiger partial charge in [-0.1, -0.05) is 62.4 Å². The van der Waals surface area contributed by atoms with Crippen molar-refractivity contribution in [3.63, 3.8) is 0 Å². The van der Waals surface area contributed by atoms with Crippen LogP contribution in [0.4, 0.5) is 0 Å². The van der Waals surface area contributed by atoms with E-state index in [0.717, 1.165) is 0 Å². The van der Waals surface area contributed by atoms with E-state index in [4.69, 9.17) is 4.74 Å². The number of hydrogen-bond acceptors (Lipinski definition) is 5. The fourth-order valence-corrected chi connectivity index (χ4v) is 2.44. The summed E-state index contributed by atoms with van der Waals surface area (Å²) in [6.45, 7) is 4.67. The van der Waals surface area contributed by atoms with Gasteiger partial charge in [-0.05, 0) is 18.9 Å². The van der Waals surface area contributed by atoms with Crippen LogP contribution in [0.1, 0.15) is 47.1 Å². The Bertz CT molecular complexity index is 916. The third-order valence-electron chi connectivity index (χ3n) is 4.55. The van der Waals surface area contributed by atoms with Crippen molar-refractivity contribution in [3.05, 3.63) is 71.3 Å². The van der Waals surface area contributed by atoms with E-state index in [9.17, 15) is 19.6 Å². The Balaban J connectivity index is 2.11. The van der Waals surface area contributed by atoms with Gasteiger partial charge >= 0.3 is 5.97 Å². The molecule has 6 nitrogen and oxygen atoms in total. The van der Waals surface area contributed by atoms with Gasteiger partial charge < -0.3 is 10.1 Å². The second-order valence-corrected chi connectivity index (χ2v) is 6.83. The van der Waals surface area contributed by atoms with E-state index >= 15 is 0 Å². The first kappa shape index (κ1) is 20.8. The van der Waals surface area contributed by atoms with Crippen LogP contribution in [0.25, 0.3) is 0 Å². The molecule has 0 aliphatic carbocycles. The van der Waals surface area contributed by atoms with Crippen molar-refractivity contribution in [2.24, 2.45) is 5.92 Å². The summed E-state index contributed by atoms with van der Waals surface area (Å²) in [5.41, 5.74) is -0.341. The van der Waals surface area contributed by atoms with E-state index in [1.807, 2.05) is 0 Å². The summed E-state index contributed by atoms with van der Waals surface area (Å²) in [7, 11) is 0. The van der Waals surface area contributed by atoms with Gasteiger partial charge in [0, 0.05) is 11.1 Å². The van der Waals surface area contributed by atoms with Gasteiger partial charge in [-0.3, -0.25) is 9.59 Å². The number of esters is 1. The molecule has 6 heteroatoms. The highest BCUT2D eigenvalue weighted by atomic mass is 16.5. The smallest absolute Gasteiger partial charge is 0.339 e. The van der Waals surface area contributed by atoms with Gasteiger partial charge in [-0.2, -0.15) is 5.26 Å². The monoisotopic (exact) mass is 378 g/mol. The van der Waals surface area contributed by atoms with Crippen molar-refractivity contribution < 1.29 is 19.1 Å². The van der Waals surface area contributed by atoms with E-state index in [1.165, 1.54) is 12.1 Å². The van der Waals surface area contributed by atoms with Crippen molar-refractivity contribution in [2.45, 2.75) is 26.3 Å². The molecule has 2 aromatic rings. The van der Waals surface area contributed by atoms with Crippen LogP contribution in [0.5, 0.6) is 0 Å². The maximum Gasteiger partial charge on any atom is 0.339 e. The first-order chi connectivity index (χ1) is 13.3. The number of ether oxygens (including phenoxy) is 1. The van der Waals surface area contributed by atoms with E-state index < -0.39 is 24.0 Å². The topological polar surface area (TPSA) is 96.3 Å². The highest BCUT2D eigenvalue weighted by molar-refractivity contribution is 6.14. The molecule has 2 aromatic carbocycles. The molecule has 0 heterocycles. The predicted molar refractivity (Wildman–Crippen MR) is 104 cm³/mol. The van der Waals surface area contributed by atoms with Gasteiger partial charge in [0.1, 0.15) is 5.54 Å². The molecule has 0 saturated heterocycles. The third kappa shape index (κ3) is 4.83. The first-order valence-corrected chi connectivity index (χ1v) is 8.86. The minimum Gasteiger partial charge on any atom is -0.452 e. The molecule has 144 valence electrons. The molecular formula is C22H22N2O4. The number of nitrogens with one attached hydrogen (secondary N) is 1. The van der Waals surface area contributed by atoms with Gasteiger partial charge in [0.05, 0.1) is 11.6 Å². The largest absolute Gasteiger partial charge is 0.452 e. The van der Waals surface area contributed by atoms with Crippen LogP contribution >= 0.6 is 0 Å². The fourth-order valence-electron chi connectivity index (χ4n) is 2.44. The number of nitriles is 1. The van der Waals surface area contributed by atoms with Crippen LogP contribution in [0, 0.1) is 17.2 Å². The minimum atomic E-state index is -1.06. The Hall–Kier alpha value is -3.46. The van der Waals surface area contributed by atoms with Crippen LogP contribution in [0.2, 0.25) is 0 Å². The second-order valence-electron chi connectivity index (χ2n) is 6.83. The molecule has 0 radical (unpaired) electrons. The lowest BCUT2D eigenvalue weighted by Crippen LogP contribution is -2.50. The zero-order valence-corrected chi connectivity index (χ0v) is 16.1. The van der Waals surface area contributed by atoms with Crippen LogP contribution in [-0.2, 0) is 9.53 Å². The lowest BCUT2D eigenvalue weighted by atomic mass is 9.90. The van der Waals surface area contributed by atoms with Gasteiger partial charge in [0.2, 0.25) is 0 Å². The summed E-state index contributed by atoms with van der Waals surface area (Å²) in [4.78, 5) is 37.2. The van der Waals surface area contributed by atoms with Crippen molar-refractivity contribution in [3.8, 4) is 6.07 Å². The van der Waals surface area contributed by atoms with Crippen LogP contribution in [-0.4, -0.2) is 29.8 Å². The van der Waals surface area contributed by atoms with Gasteiger partial charge in [-0.25, -0.2) is 4.79 Å². The Labute approximate surface area is 164 Å². The maximum absolute atomic E-state index is 12.7. The predicted octanol–water partition coefficient (Wildman–Crippen LogP) is 3.13. The van der Waals surface area contributed by atoms with Crippen LogP contribution < -0.4 is 5.32 Å². The van der Waals surface area contributed by atoms with E-state index in [1.54, 1.807) is 63.2 Å². The molecule has 1 N–H and O–H groups in total. The van der Waals surface area contributed by atoms with E-state index in [-0.39, 0.29) is 22.8 Å². The number of ketones is 1. The summed E-state index contributed by atoms with van der Waals surface area (Å²) in [6.07, 6.45) is 0. The molecule has 28 heavy (non-hydrogen) atoms. The van der Waals surface area contributed by atoms with Crippen molar-refractivity contribution in [1.82, 2.24) is 5.32 Å². The summed E-state index contributed by atoms with van der Waals surface area (Å²) >= 11 is 0. The molecule has 0 saturated carbocycles. The standard InChI is InChI=1S/C22H22N2O4/c1-15(2)22(3,14-23)24-19(25)13-28-21(27)18-12-8-7-11-17(18)20(26)16-9-5-4-6-10-16/h4-12,15H,13H2,1-3H3,(H,24,25)/t22-/m1/s1. The lowest BCUT2D eigenvalue weighted by Gasteiger charge is -2.27. The van der Waals surface area contributed by atoms with Crippen molar-refractivity contribution in [2.75, 3.05) is 6.61 Å². The number of carbonyl (C=O) groups is 3. The minimum absolute atomic E-state index is 0.0797. The van der Waals surface area contributed by atoms with Gasteiger partial charge in [-0.15, -0.1) is 0 Å². The normalized spacial score (nSPS) is 12.5. The first-order valence-electron chi connectivity index (χ1n) is 8.86. The Morgan fingerprint density at radius 1 is 1.04 bits per heavy atom. The molecule has 0 unspecified atom stereocenters. The van der Waals surface area contributed by atoms with Crippen molar-refractivity contribution >= 4 is 17.7 Å². The zero-order chi connectivity index (χ0) is 20.7. The highest BCUT2D eigenvalue weighted by Crippen LogP contribution is 2.17. The SMILES string of the molecule is CC(C)[C@@](C)(C#N)NC(=O)COC(=O)c1ccccc1C(=O)c1ccccc1. The fraction of sp³-hybridized carbons (Fsp3) is 0.273. The van der Waals surface area contributed by atoms with Crippen LogP contribution in [0.15, 0.2) is 54.6 Å².